The lowest BCUT2D eigenvalue weighted by Crippen LogP contribution is -2.07. The van der Waals surface area contributed by atoms with Crippen LogP contribution in [0.1, 0.15) is 31.2 Å². The van der Waals surface area contributed by atoms with Crippen LogP contribution in [-0.2, 0) is 0 Å². The summed E-state index contributed by atoms with van der Waals surface area (Å²) in [6, 6.07) is 6.08. The second kappa shape index (κ2) is 6.38. The molecule has 1 atom stereocenters. The summed E-state index contributed by atoms with van der Waals surface area (Å²) in [4.78, 5) is 0. The van der Waals surface area contributed by atoms with Crippen molar-refractivity contribution >= 4 is 0 Å². The van der Waals surface area contributed by atoms with Crippen LogP contribution in [0.25, 0.3) is 0 Å². The van der Waals surface area contributed by atoms with E-state index >= 15 is 0 Å². The number of hydrogen-bond donors (Lipinski definition) is 1. The predicted octanol–water partition coefficient (Wildman–Crippen LogP) is 2.55. The van der Waals surface area contributed by atoms with E-state index in [4.69, 9.17) is 15.2 Å². The van der Waals surface area contributed by atoms with Crippen LogP contribution in [0.2, 0.25) is 0 Å². The molecule has 0 bridgehead atoms. The summed E-state index contributed by atoms with van der Waals surface area (Å²) in [5.41, 5.74) is 6.88. The van der Waals surface area contributed by atoms with Crippen molar-refractivity contribution in [3.05, 3.63) is 23.8 Å². The molecule has 90 valence electrons. The van der Waals surface area contributed by atoms with Crippen molar-refractivity contribution in [1.29, 1.82) is 0 Å². The molecule has 0 amide bonds. The zero-order valence-corrected chi connectivity index (χ0v) is 10.3. The monoisotopic (exact) mass is 223 g/mol. The van der Waals surface area contributed by atoms with Crippen LogP contribution in [-0.4, -0.2) is 20.8 Å². The maximum absolute atomic E-state index is 5.61. The maximum atomic E-state index is 5.61. The van der Waals surface area contributed by atoms with E-state index in [0.717, 1.165) is 24.3 Å². The minimum atomic E-state index is 0.504. The zero-order chi connectivity index (χ0) is 12.0. The number of benzene rings is 1. The molecule has 1 aromatic carbocycles. The van der Waals surface area contributed by atoms with Crippen LogP contribution in [0.4, 0.5) is 0 Å². The third-order valence-electron chi connectivity index (χ3n) is 2.89. The number of rotatable bonds is 6. The molecular formula is C13H21NO2. The first-order valence-corrected chi connectivity index (χ1v) is 5.68. The van der Waals surface area contributed by atoms with Gasteiger partial charge in [0.2, 0.25) is 0 Å². The average molecular weight is 223 g/mol. The zero-order valence-electron chi connectivity index (χ0n) is 10.3. The van der Waals surface area contributed by atoms with E-state index in [1.54, 1.807) is 14.2 Å². The van der Waals surface area contributed by atoms with E-state index in [1.807, 2.05) is 12.1 Å². The molecular weight excluding hydrogens is 202 g/mol. The van der Waals surface area contributed by atoms with Gasteiger partial charge in [-0.2, -0.15) is 0 Å². The molecule has 0 aliphatic rings. The fourth-order valence-corrected chi connectivity index (χ4v) is 1.91. The van der Waals surface area contributed by atoms with Crippen molar-refractivity contribution in [3.8, 4) is 11.5 Å². The Hall–Kier alpha value is -1.22. The highest BCUT2D eigenvalue weighted by Crippen LogP contribution is 2.32. The highest BCUT2D eigenvalue weighted by molar-refractivity contribution is 5.43. The van der Waals surface area contributed by atoms with Gasteiger partial charge in [-0.05, 0) is 43.0 Å². The Bertz CT molecular complexity index is 326. The summed E-state index contributed by atoms with van der Waals surface area (Å²) < 4.78 is 10.5. The molecule has 0 aliphatic heterocycles. The van der Waals surface area contributed by atoms with Gasteiger partial charge in [0.1, 0.15) is 0 Å². The van der Waals surface area contributed by atoms with Crippen LogP contribution in [0, 0.1) is 0 Å². The molecule has 2 N–H and O–H groups in total. The summed E-state index contributed by atoms with van der Waals surface area (Å²) in [6.45, 7) is 2.89. The highest BCUT2D eigenvalue weighted by Gasteiger charge is 2.11. The van der Waals surface area contributed by atoms with E-state index in [9.17, 15) is 0 Å². The van der Waals surface area contributed by atoms with E-state index in [0.29, 0.717) is 12.5 Å². The van der Waals surface area contributed by atoms with Gasteiger partial charge in [0.15, 0.2) is 11.5 Å². The number of methoxy groups -OCH3 is 2. The Morgan fingerprint density at radius 1 is 1.19 bits per heavy atom. The molecule has 16 heavy (non-hydrogen) atoms. The fraction of sp³-hybridized carbons (Fsp3) is 0.538. The maximum Gasteiger partial charge on any atom is 0.160 e. The quantitative estimate of drug-likeness (QED) is 0.806. The second-order valence-corrected chi connectivity index (χ2v) is 3.80. The minimum absolute atomic E-state index is 0.504. The van der Waals surface area contributed by atoms with E-state index in [2.05, 4.69) is 13.0 Å². The van der Waals surface area contributed by atoms with Crippen LogP contribution in [0.3, 0.4) is 0 Å². The molecule has 0 aromatic heterocycles. The molecule has 0 heterocycles. The number of hydrogen-bond acceptors (Lipinski definition) is 3. The third-order valence-corrected chi connectivity index (χ3v) is 2.89. The second-order valence-electron chi connectivity index (χ2n) is 3.80. The molecule has 1 rings (SSSR count). The number of nitrogens with two attached hydrogens (primary N) is 1. The first-order chi connectivity index (χ1) is 7.76. The molecule has 0 fully saturated rings. The molecule has 0 spiro atoms. The first-order valence-electron chi connectivity index (χ1n) is 5.68. The molecule has 1 unspecified atom stereocenters. The summed E-state index contributed by atoms with van der Waals surface area (Å²) >= 11 is 0. The lowest BCUT2D eigenvalue weighted by Gasteiger charge is -2.16. The van der Waals surface area contributed by atoms with E-state index in [1.165, 1.54) is 5.56 Å². The van der Waals surface area contributed by atoms with Crippen molar-refractivity contribution in [3.63, 3.8) is 0 Å². The summed E-state index contributed by atoms with van der Waals surface area (Å²) in [5, 5.41) is 0. The molecule has 1 aromatic rings. The van der Waals surface area contributed by atoms with Gasteiger partial charge in [-0.1, -0.05) is 13.0 Å². The Morgan fingerprint density at radius 2 is 1.88 bits per heavy atom. The summed E-state index contributed by atoms with van der Waals surface area (Å²) in [5.74, 6) is 2.06. The lowest BCUT2D eigenvalue weighted by molar-refractivity contribution is 0.354. The molecule has 0 saturated carbocycles. The van der Waals surface area contributed by atoms with Gasteiger partial charge in [0, 0.05) is 0 Å². The normalized spacial score (nSPS) is 12.2. The standard InChI is InChI=1S/C13H21NO2/c1-4-10(7-8-14)11-5-6-12(15-2)13(9-11)16-3/h5-6,9-10H,4,7-8,14H2,1-3H3. The third kappa shape index (κ3) is 2.89. The molecule has 0 saturated heterocycles. The van der Waals surface area contributed by atoms with Crippen molar-refractivity contribution in [2.75, 3.05) is 20.8 Å². The van der Waals surface area contributed by atoms with E-state index < -0.39 is 0 Å². The molecule has 0 radical (unpaired) electrons. The first kappa shape index (κ1) is 12.8. The topological polar surface area (TPSA) is 44.5 Å². The van der Waals surface area contributed by atoms with Gasteiger partial charge in [0.05, 0.1) is 14.2 Å². The predicted molar refractivity (Wildman–Crippen MR) is 66.2 cm³/mol. The number of ether oxygens (including phenoxy) is 2. The Balaban J connectivity index is 2.96. The Morgan fingerprint density at radius 3 is 2.38 bits per heavy atom. The van der Waals surface area contributed by atoms with Gasteiger partial charge in [-0.25, -0.2) is 0 Å². The Kier molecular flexibility index (Phi) is 5.12. The van der Waals surface area contributed by atoms with Crippen molar-refractivity contribution in [1.82, 2.24) is 0 Å². The SMILES string of the molecule is CCC(CCN)c1ccc(OC)c(OC)c1. The van der Waals surface area contributed by atoms with Crippen LogP contribution in [0.15, 0.2) is 18.2 Å². The minimum Gasteiger partial charge on any atom is -0.493 e. The fourth-order valence-electron chi connectivity index (χ4n) is 1.91. The van der Waals surface area contributed by atoms with Crippen molar-refractivity contribution in [2.24, 2.45) is 5.73 Å². The largest absolute Gasteiger partial charge is 0.493 e. The van der Waals surface area contributed by atoms with Gasteiger partial charge < -0.3 is 15.2 Å². The molecule has 0 aliphatic carbocycles. The average Bonchev–Trinajstić information content (AvgIpc) is 2.35. The van der Waals surface area contributed by atoms with Crippen LogP contribution >= 0.6 is 0 Å². The summed E-state index contributed by atoms with van der Waals surface area (Å²) in [6.07, 6.45) is 2.10. The van der Waals surface area contributed by atoms with E-state index in [-0.39, 0.29) is 0 Å². The lowest BCUT2D eigenvalue weighted by atomic mass is 9.93. The van der Waals surface area contributed by atoms with Crippen molar-refractivity contribution < 1.29 is 9.47 Å². The molecule has 3 nitrogen and oxygen atoms in total. The van der Waals surface area contributed by atoms with Gasteiger partial charge >= 0.3 is 0 Å². The van der Waals surface area contributed by atoms with Gasteiger partial charge in [-0.3, -0.25) is 0 Å². The smallest absolute Gasteiger partial charge is 0.160 e. The van der Waals surface area contributed by atoms with Crippen LogP contribution in [0.5, 0.6) is 11.5 Å². The molecule has 3 heteroatoms. The highest BCUT2D eigenvalue weighted by atomic mass is 16.5. The van der Waals surface area contributed by atoms with Crippen molar-refractivity contribution in [2.45, 2.75) is 25.7 Å². The van der Waals surface area contributed by atoms with Gasteiger partial charge in [0.25, 0.3) is 0 Å². The van der Waals surface area contributed by atoms with Gasteiger partial charge in [-0.15, -0.1) is 0 Å². The summed E-state index contributed by atoms with van der Waals surface area (Å²) in [7, 11) is 3.31. The Labute approximate surface area is 97.6 Å². The van der Waals surface area contributed by atoms with Crippen LogP contribution < -0.4 is 15.2 Å².